The highest BCUT2D eigenvalue weighted by Crippen LogP contribution is 2.42. The summed E-state index contributed by atoms with van der Waals surface area (Å²) in [4.78, 5) is 36.0. The number of fused-ring (bicyclic) bond motifs is 1. The molecular weight excluding hydrogens is 270 g/mol. The Hall–Kier alpha value is -1.24. The lowest BCUT2D eigenvalue weighted by Gasteiger charge is -2.27. The second-order valence-electron chi connectivity index (χ2n) is 4.90. The Labute approximate surface area is 116 Å². The fourth-order valence-electron chi connectivity index (χ4n) is 3.03. The van der Waals surface area contributed by atoms with Gasteiger partial charge in [0.2, 0.25) is 11.8 Å². The molecule has 7 heteroatoms. The number of imide groups is 1. The zero-order valence-corrected chi connectivity index (χ0v) is 11.3. The molecule has 6 nitrogen and oxygen atoms in total. The molecule has 1 heterocycles. The molecule has 0 aromatic rings. The van der Waals surface area contributed by atoms with E-state index < -0.39 is 18.3 Å². The summed E-state index contributed by atoms with van der Waals surface area (Å²) in [6, 6.07) is 0. The van der Waals surface area contributed by atoms with Gasteiger partial charge in [-0.25, -0.2) is 9.69 Å². The lowest BCUT2D eigenvalue weighted by molar-refractivity contribution is -0.151. The number of thiol groups is 1. The van der Waals surface area contributed by atoms with E-state index in [-0.39, 0.29) is 24.2 Å². The van der Waals surface area contributed by atoms with Crippen molar-refractivity contribution in [2.45, 2.75) is 38.3 Å². The molecule has 0 bridgehead atoms. The minimum atomic E-state index is -1.45. The van der Waals surface area contributed by atoms with Gasteiger partial charge in [-0.3, -0.25) is 9.59 Å². The van der Waals surface area contributed by atoms with Crippen LogP contribution < -0.4 is 0 Å². The van der Waals surface area contributed by atoms with E-state index in [1.165, 1.54) is 0 Å². The number of hydrogen-bond acceptors (Lipinski definition) is 5. The number of rotatable bonds is 3. The molecule has 1 aliphatic heterocycles. The van der Waals surface area contributed by atoms with Gasteiger partial charge in [-0.1, -0.05) is 12.8 Å². The van der Waals surface area contributed by atoms with E-state index in [0.717, 1.165) is 24.2 Å². The predicted molar refractivity (Wildman–Crippen MR) is 68.7 cm³/mol. The summed E-state index contributed by atoms with van der Waals surface area (Å²) < 4.78 is 4.81. The first-order chi connectivity index (χ1) is 9.06. The fraction of sp³-hybridized carbons (Fsp3) is 0.750. The second kappa shape index (κ2) is 5.81. The van der Waals surface area contributed by atoms with Crippen LogP contribution in [0.15, 0.2) is 0 Å². The van der Waals surface area contributed by atoms with Gasteiger partial charge in [0.15, 0.2) is 6.23 Å². The van der Waals surface area contributed by atoms with Crippen molar-refractivity contribution < 1.29 is 24.2 Å². The van der Waals surface area contributed by atoms with E-state index in [2.05, 4.69) is 12.6 Å². The third kappa shape index (κ3) is 2.70. The van der Waals surface area contributed by atoms with Crippen LogP contribution in [0.25, 0.3) is 0 Å². The molecule has 2 fully saturated rings. The first-order valence-corrected chi connectivity index (χ1v) is 7.06. The SMILES string of the molecule is O=C(O)OC1C2CCCCC2C(=O)N1C(=O)CCS. The molecule has 1 saturated carbocycles. The van der Waals surface area contributed by atoms with E-state index >= 15 is 0 Å². The van der Waals surface area contributed by atoms with Crippen LogP contribution in [0, 0.1) is 11.8 Å². The van der Waals surface area contributed by atoms with Crippen LogP contribution >= 0.6 is 12.6 Å². The Morgan fingerprint density at radius 1 is 1.37 bits per heavy atom. The number of carbonyl (C=O) groups is 3. The van der Waals surface area contributed by atoms with Crippen molar-refractivity contribution >= 4 is 30.6 Å². The van der Waals surface area contributed by atoms with Crippen LogP contribution in [0.1, 0.15) is 32.1 Å². The Bertz CT molecular complexity index is 400. The number of ether oxygens (including phenoxy) is 1. The van der Waals surface area contributed by atoms with E-state index in [4.69, 9.17) is 9.84 Å². The maximum atomic E-state index is 12.3. The molecule has 3 unspecified atom stereocenters. The molecule has 19 heavy (non-hydrogen) atoms. The molecule has 1 aliphatic carbocycles. The summed E-state index contributed by atoms with van der Waals surface area (Å²) in [5, 5.41) is 8.79. The molecule has 0 radical (unpaired) electrons. The summed E-state index contributed by atoms with van der Waals surface area (Å²) in [6.07, 6.45) is 0.986. The van der Waals surface area contributed by atoms with Crippen molar-refractivity contribution in [2.75, 3.05) is 5.75 Å². The summed E-state index contributed by atoms with van der Waals surface area (Å²) in [5.74, 6) is -0.843. The average Bonchev–Trinajstić information content (AvgIpc) is 2.63. The molecule has 1 saturated heterocycles. The van der Waals surface area contributed by atoms with Crippen LogP contribution in [0.4, 0.5) is 4.79 Å². The molecule has 2 aliphatic rings. The smallest absolute Gasteiger partial charge is 0.450 e. The Morgan fingerprint density at radius 3 is 2.68 bits per heavy atom. The van der Waals surface area contributed by atoms with Gasteiger partial charge < -0.3 is 9.84 Å². The molecular formula is C12H17NO5S. The van der Waals surface area contributed by atoms with E-state index in [0.29, 0.717) is 12.2 Å². The number of carbonyl (C=O) groups excluding carboxylic acids is 2. The first kappa shape index (κ1) is 14.2. The van der Waals surface area contributed by atoms with E-state index in [1.54, 1.807) is 0 Å². The zero-order valence-electron chi connectivity index (χ0n) is 10.4. The maximum absolute atomic E-state index is 12.3. The van der Waals surface area contributed by atoms with Crippen molar-refractivity contribution in [1.29, 1.82) is 0 Å². The first-order valence-electron chi connectivity index (χ1n) is 6.42. The monoisotopic (exact) mass is 287 g/mol. The van der Waals surface area contributed by atoms with Crippen LogP contribution in [0.2, 0.25) is 0 Å². The fourth-order valence-corrected chi connectivity index (χ4v) is 3.22. The second-order valence-corrected chi connectivity index (χ2v) is 5.35. The quantitative estimate of drug-likeness (QED) is 0.607. The summed E-state index contributed by atoms with van der Waals surface area (Å²) in [5.41, 5.74) is 0. The van der Waals surface area contributed by atoms with Gasteiger partial charge in [0.1, 0.15) is 0 Å². The molecule has 2 rings (SSSR count). The highest BCUT2D eigenvalue weighted by Gasteiger charge is 2.52. The van der Waals surface area contributed by atoms with Crippen LogP contribution in [-0.4, -0.2) is 40.0 Å². The largest absolute Gasteiger partial charge is 0.507 e. The number of nitrogens with zero attached hydrogens (tertiary/aromatic N) is 1. The summed E-state index contributed by atoms with van der Waals surface area (Å²) in [7, 11) is 0. The zero-order chi connectivity index (χ0) is 14.0. The Morgan fingerprint density at radius 2 is 2.05 bits per heavy atom. The highest BCUT2D eigenvalue weighted by atomic mass is 32.1. The van der Waals surface area contributed by atoms with Crippen molar-refractivity contribution in [1.82, 2.24) is 4.90 Å². The van der Waals surface area contributed by atoms with Crippen LogP contribution in [-0.2, 0) is 14.3 Å². The summed E-state index contributed by atoms with van der Waals surface area (Å²) in [6.45, 7) is 0. The number of amides is 2. The van der Waals surface area contributed by atoms with Gasteiger partial charge in [0.05, 0.1) is 0 Å². The van der Waals surface area contributed by atoms with Gasteiger partial charge in [-0.15, -0.1) is 0 Å². The lowest BCUT2D eigenvalue weighted by atomic mass is 9.81. The van der Waals surface area contributed by atoms with Crippen LogP contribution in [0.5, 0.6) is 0 Å². The van der Waals surface area contributed by atoms with Crippen molar-refractivity contribution in [3.63, 3.8) is 0 Å². The van der Waals surface area contributed by atoms with Gasteiger partial charge >= 0.3 is 6.16 Å². The molecule has 0 aromatic heterocycles. The third-order valence-electron chi connectivity index (χ3n) is 3.81. The number of carboxylic acid groups (broad SMARTS) is 1. The standard InChI is InChI=1S/C12H17NO5S/c14-9(5-6-19)13-10(15)7-3-1-2-4-8(7)11(13)18-12(16)17/h7-8,11,19H,1-6H2,(H,16,17). The van der Waals surface area contributed by atoms with Crippen molar-refractivity contribution in [3.8, 4) is 0 Å². The normalized spacial score (nSPS) is 30.1. The maximum Gasteiger partial charge on any atom is 0.507 e. The Balaban J connectivity index is 2.24. The molecule has 106 valence electrons. The van der Waals surface area contributed by atoms with Gasteiger partial charge in [0, 0.05) is 18.3 Å². The van der Waals surface area contributed by atoms with Gasteiger partial charge in [-0.05, 0) is 18.6 Å². The minimum absolute atomic E-state index is 0.105. The molecule has 1 N–H and O–H groups in total. The minimum Gasteiger partial charge on any atom is -0.450 e. The number of likely N-dealkylation sites (tertiary alicyclic amines) is 1. The van der Waals surface area contributed by atoms with Crippen molar-refractivity contribution in [3.05, 3.63) is 0 Å². The van der Waals surface area contributed by atoms with Crippen molar-refractivity contribution in [2.24, 2.45) is 11.8 Å². The van der Waals surface area contributed by atoms with E-state index in [1.807, 2.05) is 0 Å². The predicted octanol–water partition coefficient (Wildman–Crippen LogP) is 1.50. The Kier molecular flexibility index (Phi) is 4.34. The van der Waals surface area contributed by atoms with Gasteiger partial charge in [-0.2, -0.15) is 12.6 Å². The molecule has 3 atom stereocenters. The molecule has 2 amide bonds. The summed E-state index contributed by atoms with van der Waals surface area (Å²) >= 11 is 3.97. The van der Waals surface area contributed by atoms with Crippen LogP contribution in [0.3, 0.4) is 0 Å². The topological polar surface area (TPSA) is 83.9 Å². The van der Waals surface area contributed by atoms with Gasteiger partial charge in [0.25, 0.3) is 0 Å². The average molecular weight is 287 g/mol. The third-order valence-corrected chi connectivity index (χ3v) is 4.03. The highest BCUT2D eigenvalue weighted by molar-refractivity contribution is 7.80. The molecule has 0 aromatic carbocycles. The lowest BCUT2D eigenvalue weighted by Crippen LogP contribution is -2.43. The van der Waals surface area contributed by atoms with E-state index in [9.17, 15) is 14.4 Å². The molecule has 0 spiro atoms. The number of hydrogen-bond donors (Lipinski definition) is 2.